The lowest BCUT2D eigenvalue weighted by Crippen LogP contribution is -2.55. The molecule has 0 aliphatic heterocycles. The van der Waals surface area contributed by atoms with Crippen molar-refractivity contribution in [3.8, 4) is 0 Å². The molecule has 0 heterocycles. The highest BCUT2D eigenvalue weighted by atomic mass is 32.1. The van der Waals surface area contributed by atoms with Gasteiger partial charge >= 0.3 is 11.9 Å². The zero-order chi connectivity index (χ0) is 23.3. The number of hydrogen-bond donors (Lipinski definition) is 3. The van der Waals surface area contributed by atoms with Crippen molar-refractivity contribution in [2.75, 3.05) is 18.9 Å². The van der Waals surface area contributed by atoms with E-state index in [2.05, 4.69) is 12.6 Å². The van der Waals surface area contributed by atoms with Crippen LogP contribution < -0.4 is 5.73 Å². The second-order valence-corrected chi connectivity index (χ2v) is 10.8. The molecule has 0 aromatic heterocycles. The molecule has 8 heteroatoms. The summed E-state index contributed by atoms with van der Waals surface area (Å²) in [5.41, 5.74) is 6.62. The molecule has 0 spiro atoms. The van der Waals surface area contributed by atoms with Gasteiger partial charge in [0.2, 0.25) is 5.91 Å². The van der Waals surface area contributed by atoms with Gasteiger partial charge in [-0.3, -0.25) is 9.59 Å². The van der Waals surface area contributed by atoms with Crippen LogP contribution in [0.1, 0.15) is 66.2 Å². The van der Waals surface area contributed by atoms with Crippen LogP contribution in [0, 0.1) is 29.6 Å². The number of ether oxygens (including phenoxy) is 1. The van der Waals surface area contributed by atoms with E-state index in [0.717, 1.165) is 22.7 Å². The fraction of sp³-hybridized carbons (Fsp3) is 0.870. The lowest BCUT2D eigenvalue weighted by atomic mass is 9.53. The number of thiol groups is 1. The number of esters is 1. The first-order valence-corrected chi connectivity index (χ1v) is 12.2. The van der Waals surface area contributed by atoms with Crippen molar-refractivity contribution in [1.82, 2.24) is 4.90 Å². The third kappa shape index (κ3) is 7.38. The minimum Gasteiger partial charge on any atom is -0.480 e. The van der Waals surface area contributed by atoms with Gasteiger partial charge in [0.25, 0.3) is 0 Å². The van der Waals surface area contributed by atoms with E-state index >= 15 is 0 Å². The third-order valence-corrected chi connectivity index (χ3v) is 7.28. The Kier molecular flexibility index (Phi) is 9.25. The average molecular weight is 457 g/mol. The summed E-state index contributed by atoms with van der Waals surface area (Å²) in [5.74, 6) is 0.861. The first kappa shape index (κ1) is 26.0. The lowest BCUT2D eigenvalue weighted by molar-refractivity contribution is -0.159. The predicted molar refractivity (Wildman–Crippen MR) is 123 cm³/mol. The number of aliphatic carboxylic acids is 1. The van der Waals surface area contributed by atoms with Crippen molar-refractivity contribution >= 4 is 30.5 Å². The minimum atomic E-state index is -1.17. The van der Waals surface area contributed by atoms with Crippen LogP contribution in [0.3, 0.4) is 0 Å². The van der Waals surface area contributed by atoms with Gasteiger partial charge in [-0.05, 0) is 69.1 Å². The van der Waals surface area contributed by atoms with E-state index in [1.807, 2.05) is 13.8 Å². The number of carboxylic acids is 1. The maximum Gasteiger partial charge on any atom is 0.328 e. The van der Waals surface area contributed by atoms with Gasteiger partial charge in [0.15, 0.2) is 0 Å². The van der Waals surface area contributed by atoms with Gasteiger partial charge in [0.1, 0.15) is 12.6 Å². The summed E-state index contributed by atoms with van der Waals surface area (Å²) in [6, 6.07) is -0.931. The topological polar surface area (TPSA) is 110 Å². The molecule has 4 aliphatic rings. The van der Waals surface area contributed by atoms with Crippen LogP contribution in [0.15, 0.2) is 0 Å². The number of carboxylic acid groups (broad SMARTS) is 1. The number of rotatable bonds is 8. The summed E-state index contributed by atoms with van der Waals surface area (Å²) < 4.78 is 5.05. The van der Waals surface area contributed by atoms with Crippen molar-refractivity contribution in [2.45, 2.75) is 77.8 Å². The van der Waals surface area contributed by atoms with E-state index in [-0.39, 0.29) is 18.3 Å². The molecular formula is C23H40N2O5S. The molecule has 178 valence electrons. The molecular weight excluding hydrogens is 416 g/mol. The molecule has 4 fully saturated rings. The third-order valence-electron chi connectivity index (χ3n) is 6.74. The highest BCUT2D eigenvalue weighted by molar-refractivity contribution is 7.80. The lowest BCUT2D eigenvalue weighted by Gasteiger charge is -2.55. The molecule has 4 aliphatic carbocycles. The van der Waals surface area contributed by atoms with E-state index in [4.69, 9.17) is 15.6 Å². The molecule has 0 saturated heterocycles. The molecule has 0 aromatic rings. The minimum absolute atomic E-state index is 0.172. The molecule has 7 nitrogen and oxygen atoms in total. The van der Waals surface area contributed by atoms with Crippen molar-refractivity contribution < 1.29 is 24.2 Å². The van der Waals surface area contributed by atoms with E-state index in [9.17, 15) is 14.4 Å². The van der Waals surface area contributed by atoms with E-state index in [1.54, 1.807) is 6.92 Å². The Morgan fingerprint density at radius 2 is 1.55 bits per heavy atom. The Labute approximate surface area is 191 Å². The van der Waals surface area contributed by atoms with Crippen LogP contribution in [0.5, 0.6) is 0 Å². The van der Waals surface area contributed by atoms with Gasteiger partial charge in [-0.2, -0.15) is 12.6 Å². The Morgan fingerprint density at radius 3 is 1.90 bits per heavy atom. The Morgan fingerprint density at radius 1 is 1.06 bits per heavy atom. The van der Waals surface area contributed by atoms with Crippen molar-refractivity contribution in [3.05, 3.63) is 0 Å². The molecule has 4 saturated carbocycles. The first-order chi connectivity index (χ1) is 14.4. The normalized spacial score (nSPS) is 30.2. The van der Waals surface area contributed by atoms with E-state index in [0.29, 0.717) is 5.54 Å². The number of nitrogens with zero attached hydrogens (tertiary/aromatic N) is 1. The van der Waals surface area contributed by atoms with Crippen LogP contribution in [-0.2, 0) is 19.1 Å². The summed E-state index contributed by atoms with van der Waals surface area (Å²) in [6.45, 7) is 6.59. The number of hydrogen-bond acceptors (Lipinski definition) is 6. The smallest absolute Gasteiger partial charge is 0.328 e. The van der Waals surface area contributed by atoms with Gasteiger partial charge in [0, 0.05) is 17.2 Å². The summed E-state index contributed by atoms with van der Waals surface area (Å²) in [6.07, 6.45) is 8.57. The monoisotopic (exact) mass is 456 g/mol. The second-order valence-electron chi connectivity index (χ2n) is 10.4. The highest BCUT2D eigenvalue weighted by Crippen LogP contribution is 2.54. The molecule has 4 rings (SSSR count). The Hall–Kier alpha value is -1.28. The van der Waals surface area contributed by atoms with E-state index in [1.165, 1.54) is 45.4 Å². The predicted octanol–water partition coefficient (Wildman–Crippen LogP) is 2.97. The Balaban J connectivity index is 0.000000254. The summed E-state index contributed by atoms with van der Waals surface area (Å²) in [5, 5.41) is 8.87. The molecule has 0 radical (unpaired) electrons. The van der Waals surface area contributed by atoms with E-state index < -0.39 is 36.4 Å². The maximum atomic E-state index is 12.1. The Bertz CT molecular complexity index is 619. The second kappa shape index (κ2) is 11.0. The van der Waals surface area contributed by atoms with Crippen LogP contribution in [0.4, 0.5) is 0 Å². The van der Waals surface area contributed by atoms with Gasteiger partial charge in [-0.1, -0.05) is 20.8 Å². The molecule has 2 atom stereocenters. The van der Waals surface area contributed by atoms with Crippen molar-refractivity contribution in [1.29, 1.82) is 0 Å². The number of amides is 1. The highest BCUT2D eigenvalue weighted by Gasteiger charge is 2.48. The molecule has 0 unspecified atom stereocenters. The molecule has 0 aromatic carbocycles. The van der Waals surface area contributed by atoms with Gasteiger partial charge in [-0.15, -0.1) is 0 Å². The number of nitrogens with two attached hydrogens (primary N) is 1. The summed E-state index contributed by atoms with van der Waals surface area (Å²) >= 11 is 4.02. The number of carbonyl (C=O) groups is 3. The van der Waals surface area contributed by atoms with Crippen LogP contribution in [0.25, 0.3) is 0 Å². The van der Waals surface area contributed by atoms with Crippen LogP contribution in [0.2, 0.25) is 0 Å². The maximum absolute atomic E-state index is 12.1. The van der Waals surface area contributed by atoms with Crippen LogP contribution >= 0.6 is 12.6 Å². The zero-order valence-corrected chi connectivity index (χ0v) is 20.3. The fourth-order valence-electron chi connectivity index (χ4n) is 5.59. The standard InChI is InChI=1S/C13H23NO5S.C10H17N/c1-8(2)6-19-13(18)10(4)14(5-11(15)16)12(17)9(3)7-20;11-10-4-7-1-8(5-10)3-9(2-7)6-10/h8-10,20H,5-7H2,1-4H3,(H,15,16);7-9H,1-6,11H2/t9-,10-;/m1./s1. The largest absolute Gasteiger partial charge is 0.480 e. The molecule has 4 bridgehead atoms. The number of carbonyl (C=O) groups excluding carboxylic acids is 2. The fourth-order valence-corrected chi connectivity index (χ4v) is 5.74. The van der Waals surface area contributed by atoms with Crippen LogP contribution in [-0.4, -0.2) is 58.3 Å². The van der Waals surface area contributed by atoms with Gasteiger partial charge in [-0.25, -0.2) is 4.79 Å². The zero-order valence-electron chi connectivity index (χ0n) is 19.4. The molecule has 31 heavy (non-hydrogen) atoms. The molecule has 1 amide bonds. The van der Waals surface area contributed by atoms with Gasteiger partial charge < -0.3 is 20.5 Å². The average Bonchev–Trinajstić information content (AvgIpc) is 2.67. The summed E-state index contributed by atoms with van der Waals surface area (Å²) in [7, 11) is 0. The van der Waals surface area contributed by atoms with Crippen molar-refractivity contribution in [3.63, 3.8) is 0 Å². The van der Waals surface area contributed by atoms with Gasteiger partial charge in [0.05, 0.1) is 6.61 Å². The molecule has 3 N–H and O–H groups in total. The SMILES string of the molecule is CC(C)COC(=O)[C@@H](C)N(CC(=O)O)C(=O)[C@H](C)CS.NC12CC3CC(CC(C3)C1)C2. The summed E-state index contributed by atoms with van der Waals surface area (Å²) in [4.78, 5) is 35.8. The van der Waals surface area contributed by atoms with Crippen molar-refractivity contribution in [2.24, 2.45) is 35.3 Å². The first-order valence-electron chi connectivity index (χ1n) is 11.5. The quantitative estimate of drug-likeness (QED) is 0.383.